The van der Waals surface area contributed by atoms with Crippen molar-refractivity contribution in [2.45, 2.75) is 11.3 Å². The largest absolute Gasteiger partial charge is 0.768 e. The molecule has 0 saturated heterocycles. The van der Waals surface area contributed by atoms with E-state index in [9.17, 15) is 22.0 Å². The summed E-state index contributed by atoms with van der Waals surface area (Å²) in [5.41, 5.74) is 0.112. The summed E-state index contributed by atoms with van der Waals surface area (Å²) < 4.78 is 54.6. The molecule has 0 saturated carbocycles. The van der Waals surface area contributed by atoms with Crippen molar-refractivity contribution in [2.24, 2.45) is 0 Å². The molecule has 0 spiro atoms. The fourth-order valence-electron chi connectivity index (χ4n) is 2.27. The number of aromatic carboxylic acids is 1. The number of benzene rings is 2. The molecule has 8 nitrogen and oxygen atoms in total. The predicted octanol–water partition coefficient (Wildman–Crippen LogP) is 2.27. The van der Waals surface area contributed by atoms with E-state index in [1.807, 2.05) is 0 Å². The second-order valence-electron chi connectivity index (χ2n) is 5.38. The van der Waals surface area contributed by atoms with Crippen LogP contribution in [-0.4, -0.2) is 41.1 Å². The van der Waals surface area contributed by atoms with Crippen LogP contribution in [-0.2, 0) is 27.5 Å². The third-order valence-corrected chi connectivity index (χ3v) is 5.77. The van der Waals surface area contributed by atoms with Gasteiger partial charge < -0.3 is 14.4 Å². The molecule has 2 aromatic rings. The van der Waals surface area contributed by atoms with Crippen molar-refractivity contribution in [1.29, 1.82) is 0 Å². The highest BCUT2D eigenvalue weighted by molar-refractivity contribution is 7.92. The van der Waals surface area contributed by atoms with Crippen LogP contribution in [0.3, 0.4) is 0 Å². The molecule has 11 heteroatoms. The zero-order valence-corrected chi connectivity index (χ0v) is 16.4. The van der Waals surface area contributed by atoms with Gasteiger partial charge in [-0.05, 0) is 53.4 Å². The quantitative estimate of drug-likeness (QED) is 0.611. The molecular formula is C16H15ClNO7S2-. The summed E-state index contributed by atoms with van der Waals surface area (Å²) in [6.45, 7) is 0. The van der Waals surface area contributed by atoms with E-state index >= 15 is 0 Å². The lowest BCUT2D eigenvalue weighted by Gasteiger charge is -2.15. The molecule has 0 heterocycles. The topological polar surface area (TPSA) is 133 Å². The van der Waals surface area contributed by atoms with E-state index in [1.54, 1.807) is 18.2 Å². The normalized spacial score (nSPS) is 12.4. The Morgan fingerprint density at radius 1 is 1.30 bits per heavy atom. The molecule has 0 bridgehead atoms. The first-order valence-electron chi connectivity index (χ1n) is 7.42. The number of methoxy groups -OCH3 is 1. The smallest absolute Gasteiger partial charge is 0.335 e. The monoisotopic (exact) mass is 432 g/mol. The molecule has 1 unspecified atom stereocenters. The Balaban J connectivity index is 2.21. The number of carboxylic acids is 1. The average Bonchev–Trinajstić information content (AvgIpc) is 2.60. The van der Waals surface area contributed by atoms with Crippen LogP contribution < -0.4 is 9.46 Å². The Kier molecular flexibility index (Phi) is 6.82. The lowest BCUT2D eigenvalue weighted by Crippen LogP contribution is -2.19. The van der Waals surface area contributed by atoms with E-state index in [0.717, 1.165) is 18.2 Å². The van der Waals surface area contributed by atoms with Crippen LogP contribution in [0.2, 0.25) is 5.02 Å². The van der Waals surface area contributed by atoms with Crippen molar-refractivity contribution in [2.75, 3.05) is 17.6 Å². The van der Waals surface area contributed by atoms with Gasteiger partial charge in [0.25, 0.3) is 0 Å². The van der Waals surface area contributed by atoms with Crippen LogP contribution in [0.4, 0.5) is 5.69 Å². The number of sulfonamides is 1. The van der Waals surface area contributed by atoms with Crippen LogP contribution in [0.25, 0.3) is 0 Å². The Hall–Kier alpha value is -2.14. The van der Waals surface area contributed by atoms with E-state index in [-0.39, 0.29) is 23.4 Å². The van der Waals surface area contributed by atoms with Crippen molar-refractivity contribution in [3.8, 4) is 5.75 Å². The van der Waals surface area contributed by atoms with Crippen molar-refractivity contribution >= 4 is 44.4 Å². The molecule has 1 atom stereocenters. The minimum atomic E-state index is -3.92. The first kappa shape index (κ1) is 21.2. The van der Waals surface area contributed by atoms with E-state index in [0.29, 0.717) is 16.3 Å². The molecule has 0 aliphatic rings. The predicted molar refractivity (Wildman–Crippen MR) is 99.7 cm³/mol. The third-order valence-electron chi connectivity index (χ3n) is 3.56. The molecule has 0 aliphatic heterocycles. The van der Waals surface area contributed by atoms with Crippen molar-refractivity contribution < 1.29 is 31.8 Å². The standard InChI is InChI=1S/C16H16ClNO7S2/c1-25-14-9-12(17)4-2-10(14)6-7-27(23,24)18-13-5-3-11(16(19)20)8-15(13)26(21)22/h2-5,8-9,18H,6-7H2,1H3,(H,19,20)(H,21,22)/p-1. The fourth-order valence-corrected chi connectivity index (χ4v) is 4.12. The second-order valence-corrected chi connectivity index (χ2v) is 8.57. The van der Waals surface area contributed by atoms with Gasteiger partial charge in [0.2, 0.25) is 10.0 Å². The second kappa shape index (κ2) is 8.70. The van der Waals surface area contributed by atoms with Crippen LogP contribution in [0.1, 0.15) is 15.9 Å². The molecular weight excluding hydrogens is 418 g/mol. The van der Waals surface area contributed by atoms with Gasteiger partial charge >= 0.3 is 5.97 Å². The maximum Gasteiger partial charge on any atom is 0.335 e. The average molecular weight is 433 g/mol. The van der Waals surface area contributed by atoms with Gasteiger partial charge in [-0.25, -0.2) is 13.2 Å². The van der Waals surface area contributed by atoms with Crippen LogP contribution >= 0.6 is 11.6 Å². The lowest BCUT2D eigenvalue weighted by atomic mass is 10.1. The van der Waals surface area contributed by atoms with E-state index in [4.69, 9.17) is 21.4 Å². The summed E-state index contributed by atoms with van der Waals surface area (Å²) in [5.74, 6) is -1.24. The Labute approximate surface area is 163 Å². The highest BCUT2D eigenvalue weighted by Gasteiger charge is 2.17. The van der Waals surface area contributed by atoms with Gasteiger partial charge in [-0.2, -0.15) is 0 Å². The molecule has 0 aromatic heterocycles. The number of halogens is 1. The van der Waals surface area contributed by atoms with E-state index in [2.05, 4.69) is 4.72 Å². The maximum atomic E-state index is 12.3. The molecule has 2 aromatic carbocycles. The Bertz CT molecular complexity index is 992. The zero-order valence-electron chi connectivity index (χ0n) is 14.0. The molecule has 0 aliphatic carbocycles. The Morgan fingerprint density at radius 2 is 2.00 bits per heavy atom. The van der Waals surface area contributed by atoms with Gasteiger partial charge in [0, 0.05) is 9.92 Å². The fraction of sp³-hybridized carbons (Fsp3) is 0.188. The first-order valence-corrected chi connectivity index (χ1v) is 10.5. The number of carbonyl (C=O) groups is 1. The van der Waals surface area contributed by atoms with Crippen molar-refractivity contribution in [3.63, 3.8) is 0 Å². The molecule has 146 valence electrons. The summed E-state index contributed by atoms with van der Waals surface area (Å²) in [5, 5.41) is 9.38. The molecule has 0 fully saturated rings. The molecule has 2 rings (SSSR count). The molecule has 0 radical (unpaired) electrons. The van der Waals surface area contributed by atoms with Crippen molar-refractivity contribution in [1.82, 2.24) is 0 Å². The zero-order chi connectivity index (χ0) is 20.2. The van der Waals surface area contributed by atoms with Gasteiger partial charge in [0.05, 0.1) is 24.1 Å². The number of ether oxygens (including phenoxy) is 1. The number of hydrogen-bond acceptors (Lipinski definition) is 6. The molecule has 2 N–H and O–H groups in total. The SMILES string of the molecule is COc1cc(Cl)ccc1CCS(=O)(=O)Nc1ccc(C(=O)O)cc1S(=O)[O-]. The summed E-state index contributed by atoms with van der Waals surface area (Å²) in [4.78, 5) is 10.5. The number of rotatable bonds is 8. The summed E-state index contributed by atoms with van der Waals surface area (Å²) in [7, 11) is -2.48. The van der Waals surface area contributed by atoms with Crippen LogP contribution in [0.15, 0.2) is 41.3 Å². The van der Waals surface area contributed by atoms with Crippen molar-refractivity contribution in [3.05, 3.63) is 52.5 Å². The highest BCUT2D eigenvalue weighted by Crippen LogP contribution is 2.25. The van der Waals surface area contributed by atoms with Crippen LogP contribution in [0, 0.1) is 0 Å². The molecule has 0 amide bonds. The van der Waals surface area contributed by atoms with E-state index < -0.39 is 32.0 Å². The van der Waals surface area contributed by atoms with Gasteiger partial charge in [0.1, 0.15) is 5.75 Å². The third kappa shape index (κ3) is 5.67. The maximum absolute atomic E-state index is 12.3. The lowest BCUT2D eigenvalue weighted by molar-refractivity contribution is 0.0696. The minimum absolute atomic E-state index is 0.0959. The summed E-state index contributed by atoms with van der Waals surface area (Å²) >= 11 is 3.04. The number of anilines is 1. The first-order chi connectivity index (χ1) is 12.6. The van der Waals surface area contributed by atoms with Gasteiger partial charge in [-0.15, -0.1) is 0 Å². The minimum Gasteiger partial charge on any atom is -0.768 e. The van der Waals surface area contributed by atoms with Crippen LogP contribution in [0.5, 0.6) is 5.75 Å². The van der Waals surface area contributed by atoms with Gasteiger partial charge in [0.15, 0.2) is 0 Å². The van der Waals surface area contributed by atoms with Gasteiger partial charge in [-0.1, -0.05) is 17.7 Å². The Morgan fingerprint density at radius 3 is 2.59 bits per heavy atom. The number of carboxylic acid groups (broad SMARTS) is 1. The number of aryl methyl sites for hydroxylation is 1. The number of nitrogens with one attached hydrogen (secondary N) is 1. The highest BCUT2D eigenvalue weighted by atomic mass is 35.5. The van der Waals surface area contributed by atoms with E-state index in [1.165, 1.54) is 7.11 Å². The number of hydrogen-bond donors (Lipinski definition) is 2. The molecule has 27 heavy (non-hydrogen) atoms. The summed E-state index contributed by atoms with van der Waals surface area (Å²) in [6.07, 6.45) is 0.0959. The van der Waals surface area contributed by atoms with Gasteiger partial charge in [-0.3, -0.25) is 8.93 Å². The summed E-state index contributed by atoms with van der Waals surface area (Å²) in [6, 6.07) is 7.87.